The van der Waals surface area contributed by atoms with Crippen LogP contribution in [0.4, 0.5) is 0 Å². The smallest absolute Gasteiger partial charge is 0.352 e. The van der Waals surface area contributed by atoms with Gasteiger partial charge in [-0.15, -0.1) is 0 Å². The SMILES string of the molecule is CO[C@@H]1[C@H]2OC(C)(C)O[C@H]2O[C@@H]1C1OC1(Br)C(=O)OC(C)C. The van der Waals surface area contributed by atoms with Crippen molar-refractivity contribution in [2.45, 2.75) is 74.8 Å². The van der Waals surface area contributed by atoms with Gasteiger partial charge in [0.25, 0.3) is 0 Å². The maximum Gasteiger partial charge on any atom is 0.352 e. The van der Waals surface area contributed by atoms with Crippen LogP contribution >= 0.6 is 15.9 Å². The maximum absolute atomic E-state index is 12.1. The van der Waals surface area contributed by atoms with Gasteiger partial charge in [-0.25, -0.2) is 4.79 Å². The van der Waals surface area contributed by atoms with Crippen LogP contribution in [0.15, 0.2) is 0 Å². The molecule has 0 aromatic carbocycles. The highest BCUT2D eigenvalue weighted by Crippen LogP contribution is 2.51. The molecule has 3 fully saturated rings. The average molecular weight is 381 g/mol. The van der Waals surface area contributed by atoms with Gasteiger partial charge in [-0.1, -0.05) is 0 Å². The third kappa shape index (κ3) is 2.70. The monoisotopic (exact) mass is 380 g/mol. The van der Waals surface area contributed by atoms with Crippen molar-refractivity contribution < 1.29 is 33.2 Å². The van der Waals surface area contributed by atoms with Crippen LogP contribution in [-0.4, -0.2) is 60.2 Å². The van der Waals surface area contributed by atoms with E-state index in [0.29, 0.717) is 0 Å². The molecule has 0 N–H and O–H groups in total. The lowest BCUT2D eigenvalue weighted by Crippen LogP contribution is -2.41. The Labute approximate surface area is 137 Å². The summed E-state index contributed by atoms with van der Waals surface area (Å²) in [7, 11) is 1.57. The molecule has 2 unspecified atom stereocenters. The zero-order valence-electron chi connectivity index (χ0n) is 13.2. The lowest BCUT2D eigenvalue weighted by Gasteiger charge is -2.24. The summed E-state index contributed by atoms with van der Waals surface area (Å²) in [6.45, 7) is 7.20. The summed E-state index contributed by atoms with van der Waals surface area (Å²) >= 11 is 3.31. The molecule has 22 heavy (non-hydrogen) atoms. The topological polar surface area (TPSA) is 75.8 Å². The number of carbonyl (C=O) groups excluding carboxylic acids is 1. The van der Waals surface area contributed by atoms with Crippen molar-refractivity contribution in [1.82, 2.24) is 0 Å². The molecule has 0 aliphatic carbocycles. The fourth-order valence-electron chi connectivity index (χ4n) is 2.90. The molecule has 0 aromatic rings. The number of hydrogen-bond donors (Lipinski definition) is 0. The normalized spacial score (nSPS) is 45.9. The summed E-state index contributed by atoms with van der Waals surface area (Å²) in [5.74, 6) is -1.19. The van der Waals surface area contributed by atoms with Gasteiger partial charge in [0, 0.05) is 7.11 Å². The Hall–Kier alpha value is -0.250. The number of fused-ring (bicyclic) bond motifs is 1. The van der Waals surface area contributed by atoms with Crippen molar-refractivity contribution in [3.05, 3.63) is 0 Å². The molecule has 3 aliphatic heterocycles. The fourth-order valence-corrected chi connectivity index (χ4v) is 3.46. The third-order valence-corrected chi connectivity index (χ3v) is 4.79. The number of epoxide rings is 1. The van der Waals surface area contributed by atoms with Crippen LogP contribution in [-0.2, 0) is 33.2 Å². The molecule has 3 saturated heterocycles. The van der Waals surface area contributed by atoms with Crippen LogP contribution in [0.25, 0.3) is 0 Å². The molecule has 126 valence electrons. The summed E-state index contributed by atoms with van der Waals surface area (Å²) in [4.78, 5) is 12.1. The highest BCUT2D eigenvalue weighted by Gasteiger charge is 2.71. The number of ether oxygens (including phenoxy) is 6. The van der Waals surface area contributed by atoms with Gasteiger partial charge in [-0.3, -0.25) is 0 Å². The minimum Gasteiger partial charge on any atom is -0.460 e. The number of alkyl halides is 1. The van der Waals surface area contributed by atoms with Gasteiger partial charge in [-0.05, 0) is 43.6 Å². The van der Waals surface area contributed by atoms with E-state index in [-0.39, 0.29) is 18.3 Å². The van der Waals surface area contributed by atoms with Gasteiger partial charge in [-0.2, -0.15) is 0 Å². The second kappa shape index (κ2) is 5.39. The van der Waals surface area contributed by atoms with Crippen molar-refractivity contribution >= 4 is 21.9 Å². The van der Waals surface area contributed by atoms with Gasteiger partial charge in [0.1, 0.15) is 24.4 Å². The van der Waals surface area contributed by atoms with Crippen LogP contribution in [0.2, 0.25) is 0 Å². The lowest BCUT2D eigenvalue weighted by molar-refractivity contribution is -0.218. The van der Waals surface area contributed by atoms with Crippen molar-refractivity contribution in [2.24, 2.45) is 0 Å². The van der Waals surface area contributed by atoms with E-state index >= 15 is 0 Å². The first-order valence-corrected chi connectivity index (χ1v) is 8.09. The molecular formula is C14H21BrO7. The quantitative estimate of drug-likeness (QED) is 0.413. The Morgan fingerprint density at radius 1 is 1.18 bits per heavy atom. The number of esters is 1. The Bertz CT molecular complexity index is 468. The molecule has 0 amide bonds. The Morgan fingerprint density at radius 2 is 1.86 bits per heavy atom. The van der Waals surface area contributed by atoms with Crippen molar-refractivity contribution in [1.29, 1.82) is 0 Å². The molecule has 3 heterocycles. The maximum atomic E-state index is 12.1. The zero-order valence-corrected chi connectivity index (χ0v) is 14.8. The van der Waals surface area contributed by atoms with Crippen molar-refractivity contribution in [3.63, 3.8) is 0 Å². The predicted molar refractivity (Wildman–Crippen MR) is 77.3 cm³/mol. The summed E-state index contributed by atoms with van der Waals surface area (Å²) < 4.78 is 32.4. The summed E-state index contributed by atoms with van der Waals surface area (Å²) in [6.07, 6.45) is -2.48. The van der Waals surface area contributed by atoms with Gasteiger partial charge in [0.05, 0.1) is 6.10 Å². The summed E-state index contributed by atoms with van der Waals surface area (Å²) in [5.41, 5.74) is 0. The lowest BCUT2D eigenvalue weighted by atomic mass is 10.1. The molecule has 3 rings (SSSR count). The highest BCUT2D eigenvalue weighted by atomic mass is 79.9. The molecule has 0 spiro atoms. The number of hydrogen-bond acceptors (Lipinski definition) is 7. The number of rotatable bonds is 4. The van der Waals surface area contributed by atoms with Crippen LogP contribution in [0.5, 0.6) is 0 Å². The van der Waals surface area contributed by atoms with Gasteiger partial charge in [0.2, 0.25) is 4.51 Å². The average Bonchev–Trinajstić information content (AvgIpc) is 2.84. The number of methoxy groups -OCH3 is 1. The molecule has 6 atom stereocenters. The van der Waals surface area contributed by atoms with E-state index in [2.05, 4.69) is 15.9 Å². The first-order chi connectivity index (χ1) is 10.2. The molecule has 0 radical (unpaired) electrons. The van der Waals surface area contributed by atoms with E-state index < -0.39 is 34.8 Å². The Balaban J connectivity index is 1.69. The van der Waals surface area contributed by atoms with Crippen LogP contribution in [0.1, 0.15) is 27.7 Å². The van der Waals surface area contributed by atoms with E-state index in [9.17, 15) is 4.79 Å². The first-order valence-electron chi connectivity index (χ1n) is 7.29. The van der Waals surface area contributed by atoms with Gasteiger partial charge >= 0.3 is 5.97 Å². The van der Waals surface area contributed by atoms with E-state index in [1.807, 2.05) is 13.8 Å². The molecule has 3 aliphatic rings. The Kier molecular flexibility index (Phi) is 4.07. The van der Waals surface area contributed by atoms with E-state index in [1.165, 1.54) is 0 Å². The molecular weight excluding hydrogens is 360 g/mol. The van der Waals surface area contributed by atoms with Gasteiger partial charge in [0.15, 0.2) is 12.1 Å². The van der Waals surface area contributed by atoms with Gasteiger partial charge < -0.3 is 28.4 Å². The first kappa shape index (κ1) is 16.6. The van der Waals surface area contributed by atoms with E-state index in [1.54, 1.807) is 21.0 Å². The van der Waals surface area contributed by atoms with Crippen LogP contribution in [0, 0.1) is 0 Å². The standard InChI is InChI=1S/C14H21BrO7/c1-6(2)18-12(16)14(15)10(21-14)8-7(17-5)9-11(19-8)22-13(3,4)20-9/h6-11H,1-5H3/t7-,8-,9+,10?,11+,14?/m0/s1. The molecule has 8 heteroatoms. The largest absolute Gasteiger partial charge is 0.460 e. The molecule has 7 nitrogen and oxygen atoms in total. The highest BCUT2D eigenvalue weighted by molar-refractivity contribution is 9.10. The fraction of sp³-hybridized carbons (Fsp3) is 0.929. The second-order valence-corrected chi connectivity index (χ2v) is 7.59. The van der Waals surface area contributed by atoms with Crippen LogP contribution in [0.3, 0.4) is 0 Å². The van der Waals surface area contributed by atoms with E-state index in [0.717, 1.165) is 0 Å². The third-order valence-electron chi connectivity index (χ3n) is 3.83. The van der Waals surface area contributed by atoms with Crippen LogP contribution < -0.4 is 0 Å². The zero-order chi connectivity index (χ0) is 16.3. The summed E-state index contributed by atoms with van der Waals surface area (Å²) in [5, 5.41) is 0. The van der Waals surface area contributed by atoms with Crippen molar-refractivity contribution in [2.75, 3.05) is 7.11 Å². The van der Waals surface area contributed by atoms with Crippen molar-refractivity contribution in [3.8, 4) is 0 Å². The number of halogens is 1. The number of carbonyl (C=O) groups is 1. The predicted octanol–water partition coefficient (Wildman–Crippen LogP) is 1.32. The minimum atomic E-state index is -1.19. The molecule has 0 saturated carbocycles. The minimum absolute atomic E-state index is 0.221. The summed E-state index contributed by atoms with van der Waals surface area (Å²) in [6, 6.07) is 0. The molecule has 0 aromatic heterocycles. The second-order valence-electron chi connectivity index (χ2n) is 6.41. The molecule has 0 bridgehead atoms. The van der Waals surface area contributed by atoms with E-state index in [4.69, 9.17) is 28.4 Å². The Morgan fingerprint density at radius 3 is 2.45 bits per heavy atom.